The molecule has 72 valence electrons. The van der Waals surface area contributed by atoms with Crippen LogP contribution in [0.5, 0.6) is 0 Å². The molecule has 6 heteroatoms. The summed E-state index contributed by atoms with van der Waals surface area (Å²) in [6.07, 6.45) is 1.75. The number of hydrogen-bond donors (Lipinski definition) is 0. The molecular weight excluding hydrogens is 304 g/mol. The molecule has 0 aliphatic rings. The van der Waals surface area contributed by atoms with Gasteiger partial charge in [0.05, 0.1) is 4.47 Å². The zero-order valence-electron chi connectivity index (χ0n) is 6.78. The molecule has 2 rings (SSSR count). The lowest BCUT2D eigenvalue weighted by atomic mass is 10.5. The van der Waals surface area contributed by atoms with E-state index in [1.54, 1.807) is 11.6 Å². The third kappa shape index (κ3) is 2.48. The summed E-state index contributed by atoms with van der Waals surface area (Å²) in [5.41, 5.74) is 0. The standard InChI is InChI=1S/C8H4BrClN2S2/c9-5-2-1-3-11-7(5)14-8-12-6(10)4-13-8/h1-4H. The Bertz CT molecular complexity index is 446. The van der Waals surface area contributed by atoms with Crippen molar-refractivity contribution < 1.29 is 0 Å². The number of nitrogens with zero attached hydrogens (tertiary/aromatic N) is 2. The molecule has 0 aliphatic carbocycles. The zero-order chi connectivity index (χ0) is 9.97. The summed E-state index contributed by atoms with van der Waals surface area (Å²) in [5, 5.41) is 3.24. The molecule has 0 saturated carbocycles. The van der Waals surface area contributed by atoms with Gasteiger partial charge in [-0.25, -0.2) is 9.97 Å². The molecule has 0 N–H and O–H groups in total. The summed E-state index contributed by atoms with van der Waals surface area (Å²) in [6, 6.07) is 3.83. The van der Waals surface area contributed by atoms with Gasteiger partial charge < -0.3 is 0 Å². The number of halogens is 2. The summed E-state index contributed by atoms with van der Waals surface area (Å²) in [5.74, 6) is 0. The quantitative estimate of drug-likeness (QED) is 0.835. The number of hydrogen-bond acceptors (Lipinski definition) is 4. The molecule has 0 aliphatic heterocycles. The first-order chi connectivity index (χ1) is 6.75. The summed E-state index contributed by atoms with van der Waals surface area (Å²) in [4.78, 5) is 8.36. The van der Waals surface area contributed by atoms with E-state index in [-0.39, 0.29) is 0 Å². The van der Waals surface area contributed by atoms with Crippen molar-refractivity contribution in [2.45, 2.75) is 9.37 Å². The molecule has 0 unspecified atom stereocenters. The predicted molar refractivity (Wildman–Crippen MR) is 63.2 cm³/mol. The van der Waals surface area contributed by atoms with Crippen LogP contribution in [0.15, 0.2) is 37.5 Å². The van der Waals surface area contributed by atoms with Crippen LogP contribution in [-0.4, -0.2) is 9.97 Å². The van der Waals surface area contributed by atoms with E-state index in [4.69, 9.17) is 11.6 Å². The van der Waals surface area contributed by atoms with Gasteiger partial charge in [0.15, 0.2) is 4.34 Å². The van der Waals surface area contributed by atoms with Gasteiger partial charge in [-0.3, -0.25) is 0 Å². The predicted octanol–water partition coefficient (Wildman–Crippen LogP) is 4.11. The Morgan fingerprint density at radius 2 is 2.36 bits per heavy atom. The first kappa shape index (κ1) is 10.4. The van der Waals surface area contributed by atoms with Gasteiger partial charge in [0.2, 0.25) is 0 Å². The van der Waals surface area contributed by atoms with E-state index >= 15 is 0 Å². The average Bonchev–Trinajstić information content (AvgIpc) is 2.56. The summed E-state index contributed by atoms with van der Waals surface area (Å²) < 4.78 is 1.87. The summed E-state index contributed by atoms with van der Waals surface area (Å²) >= 11 is 12.2. The third-order valence-corrected chi connectivity index (χ3v) is 4.55. The topological polar surface area (TPSA) is 25.8 Å². The molecule has 0 aromatic carbocycles. The van der Waals surface area contributed by atoms with Crippen molar-refractivity contribution in [2.24, 2.45) is 0 Å². The molecule has 2 aromatic rings. The lowest BCUT2D eigenvalue weighted by molar-refractivity contribution is 1.10. The maximum absolute atomic E-state index is 5.72. The van der Waals surface area contributed by atoms with E-state index in [0.717, 1.165) is 13.8 Å². The number of pyridine rings is 1. The molecule has 0 spiro atoms. The molecule has 0 bridgehead atoms. The van der Waals surface area contributed by atoms with Crippen molar-refractivity contribution in [3.8, 4) is 0 Å². The van der Waals surface area contributed by atoms with Crippen LogP contribution < -0.4 is 0 Å². The van der Waals surface area contributed by atoms with Gasteiger partial charge >= 0.3 is 0 Å². The van der Waals surface area contributed by atoms with Crippen LogP contribution in [0.3, 0.4) is 0 Å². The van der Waals surface area contributed by atoms with Crippen molar-refractivity contribution >= 4 is 50.6 Å². The van der Waals surface area contributed by atoms with Crippen LogP contribution in [0.4, 0.5) is 0 Å². The largest absolute Gasteiger partial charge is 0.248 e. The highest BCUT2D eigenvalue weighted by Crippen LogP contribution is 2.33. The lowest BCUT2D eigenvalue weighted by Gasteiger charge is -1.98. The molecule has 0 saturated heterocycles. The van der Waals surface area contributed by atoms with Gasteiger partial charge in [-0.05, 0) is 39.8 Å². The van der Waals surface area contributed by atoms with Crippen molar-refractivity contribution in [3.05, 3.63) is 33.3 Å². The minimum atomic E-state index is 0.532. The molecule has 0 fully saturated rings. The number of rotatable bonds is 2. The van der Waals surface area contributed by atoms with Gasteiger partial charge in [-0.15, -0.1) is 11.3 Å². The Kier molecular flexibility index (Phi) is 3.43. The third-order valence-electron chi connectivity index (χ3n) is 1.36. The van der Waals surface area contributed by atoms with Crippen molar-refractivity contribution in [1.29, 1.82) is 0 Å². The van der Waals surface area contributed by atoms with Crippen LogP contribution in [0.25, 0.3) is 0 Å². The Labute approximate surface area is 103 Å². The second-order valence-electron chi connectivity index (χ2n) is 2.33. The molecule has 14 heavy (non-hydrogen) atoms. The van der Waals surface area contributed by atoms with E-state index in [0.29, 0.717) is 5.15 Å². The molecule has 2 heterocycles. The summed E-state index contributed by atoms with van der Waals surface area (Å²) in [7, 11) is 0. The maximum Gasteiger partial charge on any atom is 0.157 e. The highest BCUT2D eigenvalue weighted by Gasteiger charge is 2.06. The minimum Gasteiger partial charge on any atom is -0.248 e. The number of aromatic nitrogens is 2. The second-order valence-corrected chi connectivity index (χ2v) is 5.66. The van der Waals surface area contributed by atoms with E-state index in [1.165, 1.54) is 23.1 Å². The Balaban J connectivity index is 2.23. The van der Waals surface area contributed by atoms with Crippen molar-refractivity contribution in [1.82, 2.24) is 9.97 Å². The van der Waals surface area contributed by atoms with E-state index in [9.17, 15) is 0 Å². The number of thiazole rings is 1. The Hall–Kier alpha value is -0.100. The second kappa shape index (κ2) is 4.61. The van der Waals surface area contributed by atoms with E-state index in [1.807, 2.05) is 12.1 Å². The van der Waals surface area contributed by atoms with Crippen molar-refractivity contribution in [3.63, 3.8) is 0 Å². The Morgan fingerprint density at radius 1 is 1.50 bits per heavy atom. The fourth-order valence-electron chi connectivity index (χ4n) is 0.815. The molecule has 2 aromatic heterocycles. The van der Waals surface area contributed by atoms with Gasteiger partial charge in [0.1, 0.15) is 10.2 Å². The average molecular weight is 308 g/mol. The normalized spacial score (nSPS) is 10.4. The maximum atomic E-state index is 5.72. The SMILES string of the molecule is Clc1csc(Sc2ncccc2Br)n1. The first-order valence-electron chi connectivity index (χ1n) is 3.65. The van der Waals surface area contributed by atoms with Gasteiger partial charge in [-0.1, -0.05) is 11.6 Å². The van der Waals surface area contributed by atoms with Gasteiger partial charge in [0.25, 0.3) is 0 Å². The van der Waals surface area contributed by atoms with E-state index < -0.39 is 0 Å². The Morgan fingerprint density at radius 3 is 3.00 bits per heavy atom. The smallest absolute Gasteiger partial charge is 0.157 e. The van der Waals surface area contributed by atoms with Crippen LogP contribution in [0, 0.1) is 0 Å². The minimum absolute atomic E-state index is 0.532. The summed E-state index contributed by atoms with van der Waals surface area (Å²) in [6.45, 7) is 0. The highest BCUT2D eigenvalue weighted by atomic mass is 79.9. The van der Waals surface area contributed by atoms with Crippen LogP contribution >= 0.6 is 50.6 Å². The molecule has 0 atom stereocenters. The fourth-order valence-corrected chi connectivity index (χ4v) is 3.19. The lowest BCUT2D eigenvalue weighted by Crippen LogP contribution is -1.79. The zero-order valence-corrected chi connectivity index (χ0v) is 10.8. The van der Waals surface area contributed by atoms with Crippen molar-refractivity contribution in [2.75, 3.05) is 0 Å². The molecule has 0 radical (unpaired) electrons. The first-order valence-corrected chi connectivity index (χ1v) is 6.52. The van der Waals surface area contributed by atoms with Crippen LogP contribution in [0.2, 0.25) is 5.15 Å². The van der Waals surface area contributed by atoms with Gasteiger partial charge in [0, 0.05) is 11.6 Å². The fraction of sp³-hybridized carbons (Fsp3) is 0. The highest BCUT2D eigenvalue weighted by molar-refractivity contribution is 9.10. The van der Waals surface area contributed by atoms with Crippen LogP contribution in [-0.2, 0) is 0 Å². The van der Waals surface area contributed by atoms with Gasteiger partial charge in [-0.2, -0.15) is 0 Å². The molecule has 0 amide bonds. The molecule has 2 nitrogen and oxygen atoms in total. The van der Waals surface area contributed by atoms with E-state index in [2.05, 4.69) is 25.9 Å². The molecular formula is C8H4BrClN2S2. The monoisotopic (exact) mass is 306 g/mol. The van der Waals surface area contributed by atoms with Crippen LogP contribution in [0.1, 0.15) is 0 Å².